The molecule has 1 amide bonds. The van der Waals surface area contributed by atoms with E-state index in [0.717, 1.165) is 5.56 Å². The number of hydrogen-bond acceptors (Lipinski definition) is 3. The van der Waals surface area contributed by atoms with Crippen LogP contribution in [0.2, 0.25) is 0 Å². The average molecular weight is 284 g/mol. The molecule has 0 heterocycles. The molecule has 0 aliphatic rings. The fourth-order valence-corrected chi connectivity index (χ4v) is 2.35. The minimum atomic E-state index is -1.59. The zero-order valence-corrected chi connectivity index (χ0v) is 11.6. The molecule has 2 rings (SSSR count). The van der Waals surface area contributed by atoms with Gasteiger partial charge in [0.15, 0.2) is 11.0 Å². The lowest BCUT2D eigenvalue weighted by Crippen LogP contribution is -2.25. The Morgan fingerprint density at radius 2 is 1.70 bits per heavy atom. The highest BCUT2D eigenvalue weighted by Gasteiger charge is 2.10. The van der Waals surface area contributed by atoms with Crippen LogP contribution in [0.3, 0.4) is 0 Å². The quantitative estimate of drug-likeness (QED) is 0.940. The van der Waals surface area contributed by atoms with Crippen molar-refractivity contribution in [1.82, 2.24) is 4.72 Å². The molecule has 0 aromatic heterocycles. The summed E-state index contributed by atoms with van der Waals surface area (Å²) < 4.78 is 14.4. The third-order valence-corrected chi connectivity index (χ3v) is 3.77. The van der Waals surface area contributed by atoms with Crippen molar-refractivity contribution in [2.24, 2.45) is 0 Å². The summed E-state index contributed by atoms with van der Waals surface area (Å²) in [4.78, 5) is 12.4. The van der Waals surface area contributed by atoms with Crippen molar-refractivity contribution >= 4 is 16.9 Å². The van der Waals surface area contributed by atoms with E-state index < -0.39 is 16.9 Å². The van der Waals surface area contributed by atoms with Crippen LogP contribution < -0.4 is 4.72 Å². The number of aryl methyl sites for hydroxylation is 1. The lowest BCUT2D eigenvalue weighted by Gasteiger charge is -2.05. The van der Waals surface area contributed by atoms with Crippen LogP contribution in [-0.4, -0.2) is 10.1 Å². The van der Waals surface area contributed by atoms with Gasteiger partial charge >= 0.3 is 0 Å². The number of nitrogens with zero attached hydrogens (tertiary/aromatic N) is 1. The molecule has 0 radical (unpaired) electrons. The molecule has 1 unspecified atom stereocenters. The molecule has 0 saturated heterocycles. The number of benzene rings is 2. The van der Waals surface area contributed by atoms with E-state index in [1.165, 1.54) is 12.1 Å². The third-order valence-electron chi connectivity index (χ3n) is 2.70. The van der Waals surface area contributed by atoms with Gasteiger partial charge in [-0.1, -0.05) is 17.7 Å². The normalized spacial score (nSPS) is 11.4. The molecule has 4 nitrogen and oxygen atoms in total. The highest BCUT2D eigenvalue weighted by molar-refractivity contribution is 7.83. The molecule has 1 N–H and O–H groups in total. The third kappa shape index (κ3) is 3.31. The summed E-state index contributed by atoms with van der Waals surface area (Å²) in [5.41, 5.74) is 1.90. The van der Waals surface area contributed by atoms with Gasteiger partial charge in [-0.25, -0.2) is 4.21 Å². The van der Waals surface area contributed by atoms with E-state index in [0.29, 0.717) is 16.0 Å². The number of carbonyl (C=O) groups excluding carboxylic acids is 1. The van der Waals surface area contributed by atoms with Crippen LogP contribution in [0.4, 0.5) is 0 Å². The number of carbonyl (C=O) groups is 1. The van der Waals surface area contributed by atoms with Crippen LogP contribution in [0, 0.1) is 18.3 Å². The van der Waals surface area contributed by atoms with E-state index in [-0.39, 0.29) is 0 Å². The number of hydrogen-bond donors (Lipinski definition) is 1. The SMILES string of the molecule is Cc1ccc(S(=O)NC(=O)c2ccc(C#N)cc2)cc1. The Balaban J connectivity index is 2.09. The molecule has 0 bridgehead atoms. The predicted molar refractivity (Wildman–Crippen MR) is 76.2 cm³/mol. The van der Waals surface area contributed by atoms with Gasteiger partial charge in [0.25, 0.3) is 5.91 Å². The first kappa shape index (κ1) is 14.0. The summed E-state index contributed by atoms with van der Waals surface area (Å²) in [6.45, 7) is 1.93. The molecule has 20 heavy (non-hydrogen) atoms. The van der Waals surface area contributed by atoms with E-state index in [9.17, 15) is 9.00 Å². The van der Waals surface area contributed by atoms with Crippen molar-refractivity contribution < 1.29 is 9.00 Å². The van der Waals surface area contributed by atoms with Gasteiger partial charge in [0.2, 0.25) is 0 Å². The maximum atomic E-state index is 12.0. The fourth-order valence-electron chi connectivity index (χ4n) is 1.56. The van der Waals surface area contributed by atoms with Crippen molar-refractivity contribution in [1.29, 1.82) is 5.26 Å². The smallest absolute Gasteiger partial charge is 0.263 e. The van der Waals surface area contributed by atoms with Crippen molar-refractivity contribution in [3.8, 4) is 6.07 Å². The zero-order chi connectivity index (χ0) is 14.5. The molecule has 2 aromatic rings. The Morgan fingerprint density at radius 3 is 2.25 bits per heavy atom. The number of nitrogens with one attached hydrogen (secondary N) is 1. The zero-order valence-electron chi connectivity index (χ0n) is 10.8. The molecule has 0 saturated carbocycles. The first-order valence-corrected chi connectivity index (χ1v) is 7.05. The second-order valence-electron chi connectivity index (χ2n) is 4.20. The molecule has 0 aliphatic carbocycles. The molecule has 0 aliphatic heterocycles. The summed E-state index contributed by atoms with van der Waals surface area (Å²) >= 11 is 0. The largest absolute Gasteiger partial charge is 0.268 e. The van der Waals surface area contributed by atoms with Crippen molar-refractivity contribution in [2.75, 3.05) is 0 Å². The van der Waals surface area contributed by atoms with Gasteiger partial charge in [-0.15, -0.1) is 0 Å². The van der Waals surface area contributed by atoms with Crippen LogP contribution in [-0.2, 0) is 11.0 Å². The van der Waals surface area contributed by atoms with Crippen LogP contribution in [0.1, 0.15) is 21.5 Å². The van der Waals surface area contributed by atoms with Crippen molar-refractivity contribution in [3.05, 3.63) is 65.2 Å². The van der Waals surface area contributed by atoms with Gasteiger partial charge in [0, 0.05) is 5.56 Å². The summed E-state index contributed by atoms with van der Waals surface area (Å²) in [6.07, 6.45) is 0. The average Bonchev–Trinajstić information content (AvgIpc) is 2.48. The Morgan fingerprint density at radius 1 is 1.10 bits per heavy atom. The Hall–Kier alpha value is -2.45. The molecular weight excluding hydrogens is 272 g/mol. The van der Waals surface area contributed by atoms with Crippen LogP contribution in [0.25, 0.3) is 0 Å². The summed E-state index contributed by atoms with van der Waals surface area (Å²) in [6, 6.07) is 15.2. The number of rotatable bonds is 3. The van der Waals surface area contributed by atoms with Crippen molar-refractivity contribution in [3.63, 3.8) is 0 Å². The van der Waals surface area contributed by atoms with Crippen molar-refractivity contribution in [2.45, 2.75) is 11.8 Å². The Kier molecular flexibility index (Phi) is 4.28. The molecule has 0 spiro atoms. The topological polar surface area (TPSA) is 70.0 Å². The lowest BCUT2D eigenvalue weighted by molar-refractivity contribution is 0.0983. The molecule has 0 fully saturated rings. The van der Waals surface area contributed by atoms with E-state index in [1.807, 2.05) is 25.1 Å². The second-order valence-corrected chi connectivity index (χ2v) is 5.42. The van der Waals surface area contributed by atoms with Crippen LogP contribution >= 0.6 is 0 Å². The minimum Gasteiger partial charge on any atom is -0.268 e. The maximum Gasteiger partial charge on any atom is 0.263 e. The van der Waals surface area contributed by atoms with Crippen LogP contribution in [0.5, 0.6) is 0 Å². The minimum absolute atomic E-state index is 0.365. The van der Waals surface area contributed by atoms with E-state index in [4.69, 9.17) is 5.26 Å². The van der Waals surface area contributed by atoms with E-state index >= 15 is 0 Å². The van der Waals surface area contributed by atoms with Gasteiger partial charge in [-0.05, 0) is 43.3 Å². The fraction of sp³-hybridized carbons (Fsp3) is 0.0667. The molecular formula is C15H12N2O2S. The Bertz CT molecular complexity index is 685. The van der Waals surface area contributed by atoms with E-state index in [2.05, 4.69) is 4.72 Å². The first-order valence-electron chi connectivity index (χ1n) is 5.90. The van der Waals surface area contributed by atoms with Crippen LogP contribution in [0.15, 0.2) is 53.4 Å². The van der Waals surface area contributed by atoms with Gasteiger partial charge in [0.05, 0.1) is 16.5 Å². The maximum absolute atomic E-state index is 12.0. The standard InChI is InChI=1S/C15H12N2O2S/c1-11-2-8-14(9-3-11)20(19)17-15(18)13-6-4-12(10-16)5-7-13/h2-9H,1H3,(H,17,18). The lowest BCUT2D eigenvalue weighted by atomic mass is 10.1. The molecule has 1 atom stereocenters. The second kappa shape index (κ2) is 6.13. The Labute approximate surface area is 119 Å². The summed E-state index contributed by atoms with van der Waals surface area (Å²) in [7, 11) is -1.59. The van der Waals surface area contributed by atoms with Gasteiger partial charge in [-0.3, -0.25) is 9.52 Å². The monoisotopic (exact) mass is 284 g/mol. The molecule has 100 valence electrons. The molecule has 2 aromatic carbocycles. The number of amides is 1. The van der Waals surface area contributed by atoms with Gasteiger partial charge < -0.3 is 0 Å². The highest BCUT2D eigenvalue weighted by atomic mass is 32.2. The highest BCUT2D eigenvalue weighted by Crippen LogP contribution is 2.08. The summed E-state index contributed by atoms with van der Waals surface area (Å²) in [5, 5.41) is 8.68. The summed E-state index contributed by atoms with van der Waals surface area (Å²) in [5.74, 6) is -0.437. The first-order chi connectivity index (χ1) is 9.60. The van der Waals surface area contributed by atoms with E-state index in [1.54, 1.807) is 24.3 Å². The predicted octanol–water partition coefficient (Wildman–Crippen LogP) is 2.32. The van der Waals surface area contributed by atoms with Gasteiger partial charge in [0.1, 0.15) is 0 Å². The number of nitriles is 1. The molecule has 5 heteroatoms. The van der Waals surface area contributed by atoms with Gasteiger partial charge in [-0.2, -0.15) is 5.26 Å².